The molecular formula is C19H21F3N6S. The molecule has 2 aromatic rings. The second-order valence-electron chi connectivity index (χ2n) is 6.41. The van der Waals surface area contributed by atoms with Crippen molar-refractivity contribution in [2.45, 2.75) is 6.18 Å². The summed E-state index contributed by atoms with van der Waals surface area (Å²) < 4.78 is 38.0. The van der Waals surface area contributed by atoms with Gasteiger partial charge in [-0.05, 0) is 36.5 Å². The van der Waals surface area contributed by atoms with Crippen molar-refractivity contribution in [3.8, 4) is 0 Å². The number of halogens is 3. The number of alkyl halides is 3. The highest BCUT2D eigenvalue weighted by Gasteiger charge is 2.31. The fraction of sp³-hybridized carbons (Fsp3) is 0.316. The summed E-state index contributed by atoms with van der Waals surface area (Å²) >= 11 is 5.17. The Bertz CT molecular complexity index is 831. The Morgan fingerprint density at radius 2 is 1.62 bits per heavy atom. The Balaban J connectivity index is 1.54. The van der Waals surface area contributed by atoms with Gasteiger partial charge in [0.2, 0.25) is 0 Å². The fourth-order valence-electron chi connectivity index (χ4n) is 2.89. The Labute approximate surface area is 172 Å². The Kier molecular flexibility index (Phi) is 6.53. The van der Waals surface area contributed by atoms with Crippen LogP contribution in [0.1, 0.15) is 5.56 Å². The molecule has 0 bridgehead atoms. The molecular weight excluding hydrogens is 401 g/mol. The van der Waals surface area contributed by atoms with Crippen molar-refractivity contribution in [3.05, 3.63) is 54.9 Å². The Morgan fingerprint density at radius 1 is 1.03 bits per heavy atom. The normalized spacial score (nSPS) is 14.4. The number of anilines is 3. The molecule has 0 amide bonds. The topological polar surface area (TPSA) is 56.3 Å². The number of hydrogen-bond donors (Lipinski definition) is 2. The Hall–Kier alpha value is -2.88. The van der Waals surface area contributed by atoms with E-state index >= 15 is 0 Å². The molecule has 0 atom stereocenters. The van der Waals surface area contributed by atoms with Gasteiger partial charge >= 0.3 is 6.18 Å². The second kappa shape index (κ2) is 9.08. The molecule has 0 spiro atoms. The summed E-state index contributed by atoms with van der Waals surface area (Å²) in [6.07, 6.45) is -0.0676. The van der Waals surface area contributed by atoms with Crippen molar-refractivity contribution in [2.75, 3.05) is 47.8 Å². The van der Waals surface area contributed by atoms with Gasteiger partial charge in [-0.25, -0.2) is 9.97 Å². The third-order valence-corrected chi connectivity index (χ3v) is 4.66. The van der Waals surface area contributed by atoms with E-state index in [2.05, 4.69) is 32.1 Å². The molecule has 1 aliphatic heterocycles. The van der Waals surface area contributed by atoms with Crippen molar-refractivity contribution in [2.24, 2.45) is 0 Å². The average Bonchev–Trinajstić information content (AvgIpc) is 2.72. The number of nitrogens with one attached hydrogen (secondary N) is 2. The SMILES string of the molecule is C=CCNC(=S)Nc1ccc(N2CCN(c3ccc(C(F)(F)F)cn3)CC2)nc1. The summed E-state index contributed by atoms with van der Waals surface area (Å²) in [6, 6.07) is 6.29. The first kappa shape index (κ1) is 20.8. The van der Waals surface area contributed by atoms with E-state index in [9.17, 15) is 13.2 Å². The summed E-state index contributed by atoms with van der Waals surface area (Å²) in [4.78, 5) is 12.5. The lowest BCUT2D eigenvalue weighted by Gasteiger charge is -2.36. The smallest absolute Gasteiger partial charge is 0.359 e. The molecule has 0 unspecified atom stereocenters. The zero-order valence-corrected chi connectivity index (χ0v) is 16.4. The first-order chi connectivity index (χ1) is 13.9. The summed E-state index contributed by atoms with van der Waals surface area (Å²) in [7, 11) is 0. The van der Waals surface area contributed by atoms with Gasteiger partial charge in [0.25, 0.3) is 0 Å². The van der Waals surface area contributed by atoms with E-state index in [1.807, 2.05) is 17.0 Å². The van der Waals surface area contributed by atoms with E-state index in [0.717, 1.165) is 23.8 Å². The predicted octanol–water partition coefficient (Wildman–Crippen LogP) is 3.29. The fourth-order valence-corrected chi connectivity index (χ4v) is 3.09. The standard InChI is InChI=1S/C19H21F3N6S/c1-2-7-23-18(29)26-15-4-6-17(25-13-15)28-10-8-27(9-11-28)16-5-3-14(12-24-16)19(20,21)22/h2-6,12-13H,1,7-11H2,(H2,23,26,29). The molecule has 10 heteroatoms. The number of pyridine rings is 2. The molecule has 3 rings (SSSR count). The average molecular weight is 422 g/mol. The van der Waals surface area contributed by atoms with E-state index in [4.69, 9.17) is 12.2 Å². The highest BCUT2D eigenvalue weighted by molar-refractivity contribution is 7.80. The van der Waals surface area contributed by atoms with Crippen LogP contribution in [0, 0.1) is 0 Å². The molecule has 0 radical (unpaired) electrons. The Morgan fingerprint density at radius 3 is 2.07 bits per heavy atom. The summed E-state index contributed by atoms with van der Waals surface area (Å²) in [5, 5.41) is 6.52. The zero-order valence-electron chi connectivity index (χ0n) is 15.6. The minimum Gasteiger partial charge on any atom is -0.359 e. The van der Waals surface area contributed by atoms with Crippen LogP contribution in [0.4, 0.5) is 30.5 Å². The molecule has 0 aliphatic carbocycles. The zero-order chi connectivity index (χ0) is 20.9. The number of thiocarbonyl (C=S) groups is 1. The number of aromatic nitrogens is 2. The molecule has 0 aromatic carbocycles. The molecule has 0 saturated carbocycles. The van der Waals surface area contributed by atoms with Gasteiger partial charge in [-0.3, -0.25) is 0 Å². The number of nitrogens with zero attached hydrogens (tertiary/aromatic N) is 4. The highest BCUT2D eigenvalue weighted by Crippen LogP contribution is 2.29. The first-order valence-electron chi connectivity index (χ1n) is 9.02. The summed E-state index contributed by atoms with van der Waals surface area (Å²) in [5.74, 6) is 1.38. The van der Waals surface area contributed by atoms with Gasteiger partial charge in [0.1, 0.15) is 11.6 Å². The summed E-state index contributed by atoms with van der Waals surface area (Å²) in [5.41, 5.74) is 0.0415. The van der Waals surface area contributed by atoms with E-state index in [0.29, 0.717) is 43.7 Å². The molecule has 29 heavy (non-hydrogen) atoms. The summed E-state index contributed by atoms with van der Waals surface area (Å²) in [6.45, 7) is 6.89. The molecule has 6 nitrogen and oxygen atoms in total. The van der Waals surface area contributed by atoms with E-state index in [1.54, 1.807) is 12.3 Å². The van der Waals surface area contributed by atoms with Crippen LogP contribution in [0.25, 0.3) is 0 Å². The van der Waals surface area contributed by atoms with Crippen molar-refractivity contribution in [1.82, 2.24) is 15.3 Å². The molecule has 1 fully saturated rings. The van der Waals surface area contributed by atoms with Crippen LogP contribution in [-0.4, -0.2) is 47.8 Å². The molecule has 1 saturated heterocycles. The van der Waals surface area contributed by atoms with E-state index < -0.39 is 11.7 Å². The van der Waals surface area contributed by atoms with Crippen LogP contribution in [0.2, 0.25) is 0 Å². The van der Waals surface area contributed by atoms with Crippen LogP contribution in [0.15, 0.2) is 49.3 Å². The van der Waals surface area contributed by atoms with Crippen molar-refractivity contribution in [3.63, 3.8) is 0 Å². The van der Waals surface area contributed by atoms with E-state index in [-0.39, 0.29) is 0 Å². The van der Waals surface area contributed by atoms with Gasteiger partial charge in [-0.1, -0.05) is 6.08 Å². The molecule has 154 valence electrons. The first-order valence-corrected chi connectivity index (χ1v) is 9.42. The maximum Gasteiger partial charge on any atom is 0.417 e. The predicted molar refractivity (Wildman–Crippen MR) is 112 cm³/mol. The van der Waals surface area contributed by atoms with Crippen LogP contribution in [-0.2, 0) is 6.18 Å². The van der Waals surface area contributed by atoms with E-state index in [1.165, 1.54) is 6.07 Å². The van der Waals surface area contributed by atoms with Crippen LogP contribution < -0.4 is 20.4 Å². The van der Waals surface area contributed by atoms with Gasteiger partial charge in [0.15, 0.2) is 5.11 Å². The lowest BCUT2D eigenvalue weighted by Crippen LogP contribution is -2.47. The van der Waals surface area contributed by atoms with Crippen LogP contribution >= 0.6 is 12.2 Å². The highest BCUT2D eigenvalue weighted by atomic mass is 32.1. The monoisotopic (exact) mass is 422 g/mol. The largest absolute Gasteiger partial charge is 0.417 e. The van der Waals surface area contributed by atoms with Gasteiger partial charge < -0.3 is 20.4 Å². The van der Waals surface area contributed by atoms with Crippen molar-refractivity contribution < 1.29 is 13.2 Å². The maximum absolute atomic E-state index is 12.7. The van der Waals surface area contributed by atoms with Gasteiger partial charge in [-0.15, -0.1) is 6.58 Å². The minimum absolute atomic E-state index is 0.497. The molecule has 3 heterocycles. The number of piperazine rings is 1. The van der Waals surface area contributed by atoms with Crippen LogP contribution in [0.5, 0.6) is 0 Å². The number of rotatable bonds is 5. The van der Waals surface area contributed by atoms with Gasteiger partial charge in [-0.2, -0.15) is 13.2 Å². The van der Waals surface area contributed by atoms with Gasteiger partial charge in [0.05, 0.1) is 17.4 Å². The lowest BCUT2D eigenvalue weighted by molar-refractivity contribution is -0.137. The van der Waals surface area contributed by atoms with Crippen molar-refractivity contribution in [1.29, 1.82) is 0 Å². The van der Waals surface area contributed by atoms with Crippen molar-refractivity contribution >= 4 is 34.7 Å². The third-order valence-electron chi connectivity index (χ3n) is 4.42. The molecule has 2 aromatic heterocycles. The van der Waals surface area contributed by atoms with Crippen LogP contribution in [0.3, 0.4) is 0 Å². The molecule has 2 N–H and O–H groups in total. The third kappa shape index (κ3) is 5.57. The second-order valence-corrected chi connectivity index (χ2v) is 6.81. The molecule has 1 aliphatic rings. The maximum atomic E-state index is 12.7. The minimum atomic E-state index is -4.37. The quantitative estimate of drug-likeness (QED) is 0.566. The number of hydrogen-bond acceptors (Lipinski definition) is 5. The van der Waals surface area contributed by atoms with Gasteiger partial charge in [0, 0.05) is 38.9 Å². The lowest BCUT2D eigenvalue weighted by atomic mass is 10.2.